The van der Waals surface area contributed by atoms with Crippen molar-refractivity contribution in [3.63, 3.8) is 0 Å². The molecule has 6 nitrogen and oxygen atoms in total. The standard InChI is InChI=1S/C7H16O4.C4H6O2/c1-9-4-5-11-7-6-10-3-2-8;1-3-4(5)6-2/h8H,2-7H2,1H3;3H,1H2,2H3. The van der Waals surface area contributed by atoms with Gasteiger partial charge in [-0.2, -0.15) is 0 Å². The van der Waals surface area contributed by atoms with Gasteiger partial charge in [0, 0.05) is 13.2 Å². The van der Waals surface area contributed by atoms with Crippen molar-refractivity contribution in [3.8, 4) is 0 Å². The number of hydrogen-bond acceptors (Lipinski definition) is 6. The molecule has 17 heavy (non-hydrogen) atoms. The van der Waals surface area contributed by atoms with E-state index in [1.54, 1.807) is 7.11 Å². The van der Waals surface area contributed by atoms with Crippen LogP contribution in [0.15, 0.2) is 12.7 Å². The average Bonchev–Trinajstić information content (AvgIpc) is 2.37. The molecule has 0 saturated carbocycles. The van der Waals surface area contributed by atoms with E-state index in [2.05, 4.69) is 11.3 Å². The molecule has 0 aromatic carbocycles. The predicted octanol–water partition coefficient (Wildman–Crippen LogP) is 0.00370. The predicted molar refractivity (Wildman–Crippen MR) is 62.8 cm³/mol. The minimum absolute atomic E-state index is 0.0675. The van der Waals surface area contributed by atoms with Gasteiger partial charge < -0.3 is 24.1 Å². The van der Waals surface area contributed by atoms with E-state index in [0.29, 0.717) is 33.0 Å². The zero-order chi connectivity index (χ0) is 13.4. The summed E-state index contributed by atoms with van der Waals surface area (Å²) in [6.45, 7) is 5.91. The number of hydrogen-bond donors (Lipinski definition) is 1. The molecule has 0 unspecified atom stereocenters. The third kappa shape index (κ3) is 21.0. The van der Waals surface area contributed by atoms with Gasteiger partial charge in [-0.1, -0.05) is 6.58 Å². The van der Waals surface area contributed by atoms with Gasteiger partial charge in [-0.25, -0.2) is 4.79 Å². The summed E-state index contributed by atoms with van der Waals surface area (Å²) in [6.07, 6.45) is 1.11. The lowest BCUT2D eigenvalue weighted by Crippen LogP contribution is -2.09. The monoisotopic (exact) mass is 250 g/mol. The van der Waals surface area contributed by atoms with E-state index in [0.717, 1.165) is 6.08 Å². The van der Waals surface area contributed by atoms with E-state index < -0.39 is 5.97 Å². The van der Waals surface area contributed by atoms with Crippen LogP contribution in [0.5, 0.6) is 0 Å². The molecule has 0 rings (SSSR count). The molecule has 0 saturated heterocycles. The van der Waals surface area contributed by atoms with E-state index in [1.807, 2.05) is 0 Å². The maximum Gasteiger partial charge on any atom is 0.329 e. The number of carbonyl (C=O) groups excluding carboxylic acids is 1. The summed E-state index contributed by atoms with van der Waals surface area (Å²) in [5.41, 5.74) is 0. The number of aliphatic hydroxyl groups excluding tert-OH is 1. The number of aliphatic hydroxyl groups is 1. The lowest BCUT2D eigenvalue weighted by atomic mass is 10.7. The van der Waals surface area contributed by atoms with Crippen molar-refractivity contribution < 1.29 is 28.8 Å². The molecule has 0 aliphatic rings. The molecule has 0 spiro atoms. The van der Waals surface area contributed by atoms with Gasteiger partial charge in [0.2, 0.25) is 0 Å². The van der Waals surface area contributed by atoms with Crippen LogP contribution in [-0.4, -0.2) is 64.9 Å². The highest BCUT2D eigenvalue weighted by molar-refractivity contribution is 5.80. The molecule has 0 aliphatic carbocycles. The second-order valence-corrected chi connectivity index (χ2v) is 2.67. The quantitative estimate of drug-likeness (QED) is 0.353. The smallest absolute Gasteiger partial charge is 0.329 e. The van der Waals surface area contributed by atoms with Crippen molar-refractivity contribution in [1.29, 1.82) is 0 Å². The lowest BCUT2D eigenvalue weighted by Gasteiger charge is -2.03. The number of ether oxygens (including phenoxy) is 4. The summed E-state index contributed by atoms with van der Waals surface area (Å²) < 4.78 is 18.9. The summed E-state index contributed by atoms with van der Waals surface area (Å²) in [7, 11) is 2.94. The highest BCUT2D eigenvalue weighted by atomic mass is 16.5. The molecule has 0 bridgehead atoms. The lowest BCUT2D eigenvalue weighted by molar-refractivity contribution is -0.134. The Labute approximate surface area is 102 Å². The Morgan fingerprint density at radius 2 is 1.65 bits per heavy atom. The van der Waals surface area contributed by atoms with Crippen LogP contribution >= 0.6 is 0 Å². The number of rotatable bonds is 9. The maximum absolute atomic E-state index is 9.84. The van der Waals surface area contributed by atoms with E-state index in [9.17, 15) is 4.79 Å². The van der Waals surface area contributed by atoms with Gasteiger partial charge in [0.1, 0.15) is 0 Å². The van der Waals surface area contributed by atoms with Crippen molar-refractivity contribution in [2.75, 3.05) is 53.9 Å². The first kappa shape index (κ1) is 18.4. The Bertz CT molecular complexity index is 163. The normalized spacial score (nSPS) is 9.12. The highest BCUT2D eigenvalue weighted by Crippen LogP contribution is 1.78. The van der Waals surface area contributed by atoms with Gasteiger partial charge in [-0.05, 0) is 0 Å². The fourth-order valence-corrected chi connectivity index (χ4v) is 0.612. The molecule has 6 heteroatoms. The molecule has 0 fully saturated rings. The number of methoxy groups -OCH3 is 2. The van der Waals surface area contributed by atoms with E-state index >= 15 is 0 Å². The van der Waals surface area contributed by atoms with Crippen LogP contribution in [-0.2, 0) is 23.7 Å². The van der Waals surface area contributed by atoms with E-state index in [4.69, 9.17) is 19.3 Å². The van der Waals surface area contributed by atoms with Gasteiger partial charge in [-0.15, -0.1) is 0 Å². The van der Waals surface area contributed by atoms with Crippen molar-refractivity contribution in [2.24, 2.45) is 0 Å². The van der Waals surface area contributed by atoms with Crippen LogP contribution in [0, 0.1) is 0 Å². The summed E-state index contributed by atoms with van der Waals surface area (Å²) in [5.74, 6) is -0.394. The van der Waals surface area contributed by atoms with Crippen LogP contribution in [0.3, 0.4) is 0 Å². The molecule has 0 atom stereocenters. The number of carbonyl (C=O) groups is 1. The average molecular weight is 250 g/mol. The minimum Gasteiger partial charge on any atom is -0.466 e. The second kappa shape index (κ2) is 17.4. The minimum atomic E-state index is -0.394. The first-order valence-electron chi connectivity index (χ1n) is 5.18. The topological polar surface area (TPSA) is 74.2 Å². The molecular formula is C11H22O6. The molecule has 0 radical (unpaired) electrons. The summed E-state index contributed by atoms with van der Waals surface area (Å²) in [5, 5.41) is 8.32. The third-order valence-corrected chi connectivity index (χ3v) is 1.41. The third-order valence-electron chi connectivity index (χ3n) is 1.41. The van der Waals surface area contributed by atoms with Crippen molar-refractivity contribution >= 4 is 5.97 Å². The van der Waals surface area contributed by atoms with Crippen LogP contribution in [0.25, 0.3) is 0 Å². The van der Waals surface area contributed by atoms with Crippen molar-refractivity contribution in [2.45, 2.75) is 0 Å². The van der Waals surface area contributed by atoms with Crippen molar-refractivity contribution in [3.05, 3.63) is 12.7 Å². The number of esters is 1. The van der Waals surface area contributed by atoms with Gasteiger partial charge in [-0.3, -0.25) is 0 Å². The molecule has 1 N–H and O–H groups in total. The van der Waals surface area contributed by atoms with Gasteiger partial charge in [0.25, 0.3) is 0 Å². The first-order chi connectivity index (χ1) is 8.22. The largest absolute Gasteiger partial charge is 0.466 e. The van der Waals surface area contributed by atoms with Crippen LogP contribution in [0.4, 0.5) is 0 Å². The van der Waals surface area contributed by atoms with Gasteiger partial charge >= 0.3 is 5.97 Å². The molecular weight excluding hydrogens is 228 g/mol. The Morgan fingerprint density at radius 1 is 1.12 bits per heavy atom. The molecule has 0 amide bonds. The summed E-state index contributed by atoms with van der Waals surface area (Å²) in [6, 6.07) is 0. The molecule has 102 valence electrons. The first-order valence-corrected chi connectivity index (χ1v) is 5.18. The summed E-state index contributed by atoms with van der Waals surface area (Å²) in [4.78, 5) is 9.84. The molecule has 0 aliphatic heterocycles. The Morgan fingerprint density at radius 3 is 2.00 bits per heavy atom. The van der Waals surface area contributed by atoms with Crippen LogP contribution in [0.1, 0.15) is 0 Å². The molecule has 0 heterocycles. The fraction of sp³-hybridized carbons (Fsp3) is 0.727. The zero-order valence-electron chi connectivity index (χ0n) is 10.5. The van der Waals surface area contributed by atoms with Gasteiger partial charge in [0.15, 0.2) is 0 Å². The molecule has 0 aromatic heterocycles. The Hall–Kier alpha value is -0.950. The van der Waals surface area contributed by atoms with E-state index in [-0.39, 0.29) is 6.61 Å². The fourth-order valence-electron chi connectivity index (χ4n) is 0.612. The molecule has 0 aromatic rings. The SMILES string of the molecule is C=CC(=O)OC.COCCOCCOCCO. The van der Waals surface area contributed by atoms with Crippen LogP contribution in [0.2, 0.25) is 0 Å². The Balaban J connectivity index is 0. The highest BCUT2D eigenvalue weighted by Gasteiger charge is 1.87. The van der Waals surface area contributed by atoms with Crippen molar-refractivity contribution in [1.82, 2.24) is 0 Å². The Kier molecular flexibility index (Phi) is 18.9. The zero-order valence-corrected chi connectivity index (χ0v) is 10.5. The second-order valence-electron chi connectivity index (χ2n) is 2.67. The maximum atomic E-state index is 9.84. The van der Waals surface area contributed by atoms with Crippen LogP contribution < -0.4 is 0 Å². The summed E-state index contributed by atoms with van der Waals surface area (Å²) >= 11 is 0. The van der Waals surface area contributed by atoms with E-state index in [1.165, 1.54) is 7.11 Å². The van der Waals surface area contributed by atoms with Gasteiger partial charge in [0.05, 0.1) is 46.8 Å².